The van der Waals surface area contributed by atoms with Crippen molar-refractivity contribution >= 4 is 45.5 Å². The first-order chi connectivity index (χ1) is 8.52. The second-order valence-corrected chi connectivity index (χ2v) is 7.58. The number of thiophene rings is 1. The Balaban J connectivity index is 2.48. The molecule has 1 unspecified atom stereocenters. The number of aryl methyl sites for hydroxylation is 2. The summed E-state index contributed by atoms with van der Waals surface area (Å²) in [7, 11) is 1.97. The van der Waals surface area contributed by atoms with Crippen LogP contribution in [-0.4, -0.2) is 7.05 Å². The number of benzene rings is 1. The van der Waals surface area contributed by atoms with Crippen molar-refractivity contribution in [2.75, 3.05) is 7.05 Å². The predicted octanol–water partition coefficient (Wildman–Crippen LogP) is 4.93. The first kappa shape index (κ1) is 14.3. The fourth-order valence-corrected chi connectivity index (χ4v) is 3.73. The molecule has 0 spiro atoms. The van der Waals surface area contributed by atoms with Gasteiger partial charge in [-0.05, 0) is 83.3 Å². The van der Waals surface area contributed by atoms with Crippen molar-refractivity contribution in [1.29, 1.82) is 0 Å². The summed E-state index contributed by atoms with van der Waals surface area (Å²) >= 11 is 10.5. The molecule has 0 bridgehead atoms. The molecule has 0 aliphatic heterocycles. The lowest BCUT2D eigenvalue weighted by atomic mass is 9.97. The molecule has 4 heteroatoms. The summed E-state index contributed by atoms with van der Waals surface area (Å²) in [6.45, 7) is 4.21. The lowest BCUT2D eigenvalue weighted by Gasteiger charge is -2.18. The molecular weight excluding hydrogens is 377 g/mol. The van der Waals surface area contributed by atoms with Crippen molar-refractivity contribution in [2.45, 2.75) is 19.9 Å². The van der Waals surface area contributed by atoms with E-state index in [0.29, 0.717) is 0 Å². The minimum absolute atomic E-state index is 0.163. The molecule has 18 heavy (non-hydrogen) atoms. The van der Waals surface area contributed by atoms with Crippen molar-refractivity contribution in [3.8, 4) is 0 Å². The van der Waals surface area contributed by atoms with Crippen LogP contribution in [0.1, 0.15) is 28.3 Å². The summed E-state index contributed by atoms with van der Waals surface area (Å²) in [6, 6.07) is 6.60. The van der Waals surface area contributed by atoms with Crippen LogP contribution in [0.4, 0.5) is 0 Å². The van der Waals surface area contributed by atoms with E-state index >= 15 is 0 Å². The van der Waals surface area contributed by atoms with Crippen LogP contribution in [0.25, 0.3) is 0 Å². The van der Waals surface area contributed by atoms with Gasteiger partial charge in [0, 0.05) is 5.02 Å². The van der Waals surface area contributed by atoms with E-state index in [2.05, 4.69) is 59.3 Å². The molecule has 1 nitrogen and oxygen atoms in total. The van der Waals surface area contributed by atoms with Gasteiger partial charge in [0.05, 0.1) is 8.93 Å². The van der Waals surface area contributed by atoms with Gasteiger partial charge in [-0.25, -0.2) is 0 Å². The third-order valence-corrected chi connectivity index (χ3v) is 5.27. The molecule has 0 fully saturated rings. The molecule has 96 valence electrons. The average Bonchev–Trinajstić information content (AvgIpc) is 2.73. The van der Waals surface area contributed by atoms with Crippen LogP contribution in [-0.2, 0) is 0 Å². The molecule has 0 saturated heterocycles. The van der Waals surface area contributed by atoms with Gasteiger partial charge < -0.3 is 5.32 Å². The van der Waals surface area contributed by atoms with Crippen molar-refractivity contribution < 1.29 is 0 Å². The van der Waals surface area contributed by atoms with Crippen LogP contribution in [0.3, 0.4) is 0 Å². The smallest absolute Gasteiger partial charge is 0.0656 e. The van der Waals surface area contributed by atoms with Gasteiger partial charge in [0.2, 0.25) is 0 Å². The molecule has 0 aliphatic carbocycles. The maximum Gasteiger partial charge on any atom is 0.0656 e. The standard InChI is InChI=1S/C14H15ClINS/c1-8-4-11(12(15)5-9(8)2)14(17-3)10-6-13(16)18-7-10/h4-7,14,17H,1-3H3. The third kappa shape index (κ3) is 2.90. The van der Waals surface area contributed by atoms with E-state index in [4.69, 9.17) is 11.6 Å². The van der Waals surface area contributed by atoms with Crippen molar-refractivity contribution in [1.82, 2.24) is 5.32 Å². The van der Waals surface area contributed by atoms with Crippen LogP contribution in [0, 0.1) is 16.7 Å². The summed E-state index contributed by atoms with van der Waals surface area (Å²) < 4.78 is 1.29. The van der Waals surface area contributed by atoms with E-state index in [1.54, 1.807) is 11.3 Å². The van der Waals surface area contributed by atoms with Crippen LogP contribution in [0.2, 0.25) is 5.02 Å². The van der Waals surface area contributed by atoms with Gasteiger partial charge >= 0.3 is 0 Å². The lowest BCUT2D eigenvalue weighted by molar-refractivity contribution is 0.693. The van der Waals surface area contributed by atoms with Gasteiger partial charge in [0.1, 0.15) is 0 Å². The summed E-state index contributed by atoms with van der Waals surface area (Å²) in [4.78, 5) is 0. The number of nitrogens with one attached hydrogen (secondary N) is 1. The van der Waals surface area contributed by atoms with Crippen LogP contribution in [0.5, 0.6) is 0 Å². The lowest BCUT2D eigenvalue weighted by Crippen LogP contribution is -2.17. The Labute approximate surface area is 131 Å². The van der Waals surface area contributed by atoms with Crippen LogP contribution < -0.4 is 5.32 Å². The van der Waals surface area contributed by atoms with Crippen molar-refractivity contribution in [2.24, 2.45) is 0 Å². The van der Waals surface area contributed by atoms with Crippen LogP contribution in [0.15, 0.2) is 23.6 Å². The summed E-state index contributed by atoms with van der Waals surface area (Å²) in [6.07, 6.45) is 0. The largest absolute Gasteiger partial charge is 0.309 e. The SMILES string of the molecule is CNC(c1csc(I)c1)c1cc(C)c(C)cc1Cl. The van der Waals surface area contributed by atoms with E-state index in [1.165, 1.54) is 19.6 Å². The Kier molecular flexibility index (Phi) is 4.69. The molecule has 1 heterocycles. The molecule has 1 aromatic heterocycles. The van der Waals surface area contributed by atoms with E-state index in [9.17, 15) is 0 Å². The molecule has 0 amide bonds. The molecule has 0 saturated carbocycles. The Morgan fingerprint density at radius 1 is 1.22 bits per heavy atom. The molecular formula is C14H15ClINS. The predicted molar refractivity (Wildman–Crippen MR) is 88.9 cm³/mol. The third-order valence-electron chi connectivity index (χ3n) is 3.13. The zero-order valence-corrected chi connectivity index (χ0v) is 14.3. The Bertz CT molecular complexity index is 565. The Hall–Kier alpha value is -0.100. The topological polar surface area (TPSA) is 12.0 Å². The fraction of sp³-hybridized carbons (Fsp3) is 0.286. The van der Waals surface area contributed by atoms with Gasteiger partial charge in [-0.1, -0.05) is 17.7 Å². The van der Waals surface area contributed by atoms with Crippen molar-refractivity contribution in [3.63, 3.8) is 0 Å². The molecule has 1 N–H and O–H groups in total. The minimum Gasteiger partial charge on any atom is -0.309 e. The minimum atomic E-state index is 0.163. The van der Waals surface area contributed by atoms with Gasteiger partial charge in [0.15, 0.2) is 0 Å². The molecule has 1 aromatic carbocycles. The van der Waals surface area contributed by atoms with Crippen molar-refractivity contribution in [3.05, 3.63) is 53.7 Å². The number of halogens is 2. The highest BCUT2D eigenvalue weighted by Gasteiger charge is 2.17. The number of hydrogen-bond donors (Lipinski definition) is 1. The molecule has 0 aliphatic rings. The highest BCUT2D eigenvalue weighted by atomic mass is 127. The van der Waals surface area contributed by atoms with Gasteiger partial charge in [-0.2, -0.15) is 0 Å². The maximum atomic E-state index is 6.39. The van der Waals surface area contributed by atoms with Gasteiger partial charge in [0.25, 0.3) is 0 Å². The van der Waals surface area contributed by atoms with E-state index in [-0.39, 0.29) is 6.04 Å². The number of hydrogen-bond acceptors (Lipinski definition) is 2. The van der Waals surface area contributed by atoms with Crippen LogP contribution >= 0.6 is 45.5 Å². The zero-order valence-electron chi connectivity index (χ0n) is 10.6. The van der Waals surface area contributed by atoms with Gasteiger partial charge in [-0.15, -0.1) is 11.3 Å². The summed E-state index contributed by atoms with van der Waals surface area (Å²) in [5, 5.41) is 6.38. The second-order valence-electron chi connectivity index (χ2n) is 4.36. The molecule has 2 rings (SSSR count). The molecule has 1 atom stereocenters. The van der Waals surface area contributed by atoms with E-state index in [0.717, 1.165) is 10.6 Å². The second kappa shape index (κ2) is 5.90. The summed E-state index contributed by atoms with van der Waals surface area (Å²) in [5.74, 6) is 0. The maximum absolute atomic E-state index is 6.39. The first-order valence-electron chi connectivity index (χ1n) is 5.70. The highest BCUT2D eigenvalue weighted by Crippen LogP contribution is 2.32. The first-order valence-corrected chi connectivity index (χ1v) is 8.04. The monoisotopic (exact) mass is 391 g/mol. The fourth-order valence-electron chi connectivity index (χ4n) is 2.00. The Morgan fingerprint density at radius 3 is 2.44 bits per heavy atom. The average molecular weight is 392 g/mol. The number of rotatable bonds is 3. The molecule has 0 radical (unpaired) electrons. The normalized spacial score (nSPS) is 12.7. The Morgan fingerprint density at radius 2 is 1.89 bits per heavy atom. The highest BCUT2D eigenvalue weighted by molar-refractivity contribution is 14.1. The quantitative estimate of drug-likeness (QED) is 0.731. The summed E-state index contributed by atoms with van der Waals surface area (Å²) in [5.41, 5.74) is 4.94. The van der Waals surface area contributed by atoms with E-state index in [1.807, 2.05) is 13.1 Å². The zero-order chi connectivity index (χ0) is 13.3. The van der Waals surface area contributed by atoms with E-state index < -0.39 is 0 Å². The van der Waals surface area contributed by atoms with Gasteiger partial charge in [-0.3, -0.25) is 0 Å². The molecule has 2 aromatic rings.